The van der Waals surface area contributed by atoms with Crippen LogP contribution in [0.4, 0.5) is 0 Å². The van der Waals surface area contributed by atoms with Gasteiger partial charge < -0.3 is 4.74 Å². The van der Waals surface area contributed by atoms with Crippen LogP contribution in [0.3, 0.4) is 0 Å². The van der Waals surface area contributed by atoms with Crippen LogP contribution in [-0.2, 0) is 4.74 Å². The maximum atomic E-state index is 11.0. The van der Waals surface area contributed by atoms with E-state index in [4.69, 9.17) is 17.0 Å². The molecule has 0 saturated heterocycles. The predicted molar refractivity (Wildman–Crippen MR) is 72.3 cm³/mol. The Morgan fingerprint density at radius 2 is 1.62 bits per heavy atom. The lowest BCUT2D eigenvalue weighted by Crippen LogP contribution is -2.23. The zero-order valence-corrected chi connectivity index (χ0v) is 11.2. The van der Waals surface area contributed by atoms with Crippen molar-refractivity contribution in [3.05, 3.63) is 35.4 Å². The quantitative estimate of drug-likeness (QED) is 0.648. The first-order chi connectivity index (χ1) is 7.29. The number of rotatable bonds is 2. The van der Waals surface area contributed by atoms with Crippen LogP contribution in [0.15, 0.2) is 24.3 Å². The molecule has 0 N–H and O–H groups in total. The second-order valence-electron chi connectivity index (χ2n) is 4.38. The summed E-state index contributed by atoms with van der Waals surface area (Å²) in [6, 6.07) is 6.89. The first-order valence-electron chi connectivity index (χ1n) is 4.86. The van der Waals surface area contributed by atoms with Crippen LogP contribution >= 0.6 is 24.8 Å². The molecule has 1 aromatic rings. The fourth-order valence-electron chi connectivity index (χ4n) is 1.09. The summed E-state index contributed by atoms with van der Waals surface area (Å²) in [6.07, 6.45) is 0. The maximum absolute atomic E-state index is 11.0. The Bertz CT molecular complexity index is 402. The number of carbonyl (C=O) groups excluding carboxylic acids is 1. The van der Waals surface area contributed by atoms with Gasteiger partial charge in [-0.15, -0.1) is 12.6 Å². The van der Waals surface area contributed by atoms with Crippen molar-refractivity contribution in [1.82, 2.24) is 0 Å². The minimum atomic E-state index is -0.310. The monoisotopic (exact) mass is 254 g/mol. The van der Waals surface area contributed by atoms with Crippen molar-refractivity contribution in [2.75, 3.05) is 0 Å². The Balaban J connectivity index is 2.82. The fraction of sp³-hybridized carbons (Fsp3) is 0.333. The SMILES string of the molecule is CC(C)(C)OC(=S)c1ccc(C(=O)S)cc1. The number of hydrogen-bond donors (Lipinski definition) is 1. The van der Waals surface area contributed by atoms with E-state index in [1.54, 1.807) is 24.3 Å². The number of thiol groups is 1. The third kappa shape index (κ3) is 3.94. The molecule has 0 spiro atoms. The molecule has 0 heterocycles. The second-order valence-corrected chi connectivity index (χ2v) is 5.16. The largest absolute Gasteiger partial charge is 0.477 e. The van der Waals surface area contributed by atoms with Crippen LogP contribution in [0.5, 0.6) is 0 Å². The molecule has 86 valence electrons. The summed E-state index contributed by atoms with van der Waals surface area (Å²) in [5.74, 6) is 0. The summed E-state index contributed by atoms with van der Waals surface area (Å²) in [5.41, 5.74) is 1.03. The van der Waals surface area contributed by atoms with Crippen molar-refractivity contribution in [1.29, 1.82) is 0 Å². The molecule has 4 heteroatoms. The van der Waals surface area contributed by atoms with Gasteiger partial charge in [-0.1, -0.05) is 0 Å². The van der Waals surface area contributed by atoms with E-state index >= 15 is 0 Å². The molecular formula is C12H14O2S2. The van der Waals surface area contributed by atoms with Crippen LogP contribution in [0.25, 0.3) is 0 Å². The van der Waals surface area contributed by atoms with E-state index in [-0.39, 0.29) is 10.7 Å². The van der Waals surface area contributed by atoms with E-state index < -0.39 is 0 Å². The molecule has 0 aliphatic heterocycles. The number of hydrogen-bond acceptors (Lipinski definition) is 3. The third-order valence-corrected chi connectivity index (χ3v) is 2.34. The van der Waals surface area contributed by atoms with Gasteiger partial charge in [-0.25, -0.2) is 0 Å². The topological polar surface area (TPSA) is 26.3 Å². The Kier molecular flexibility index (Phi) is 4.10. The molecule has 0 bridgehead atoms. The smallest absolute Gasteiger partial charge is 0.216 e. The van der Waals surface area contributed by atoms with Crippen molar-refractivity contribution in [2.45, 2.75) is 26.4 Å². The molecular weight excluding hydrogens is 240 g/mol. The Morgan fingerprint density at radius 3 is 2.00 bits per heavy atom. The van der Waals surface area contributed by atoms with Gasteiger partial charge in [0.05, 0.1) is 0 Å². The van der Waals surface area contributed by atoms with Crippen LogP contribution < -0.4 is 0 Å². The average molecular weight is 254 g/mol. The minimum absolute atomic E-state index is 0.255. The van der Waals surface area contributed by atoms with Gasteiger partial charge in [0.25, 0.3) is 0 Å². The van der Waals surface area contributed by atoms with Crippen molar-refractivity contribution in [2.24, 2.45) is 0 Å². The molecule has 0 aromatic heterocycles. The highest BCUT2D eigenvalue weighted by Crippen LogP contribution is 2.14. The Morgan fingerprint density at radius 1 is 1.19 bits per heavy atom. The second kappa shape index (κ2) is 4.97. The zero-order chi connectivity index (χ0) is 12.3. The van der Waals surface area contributed by atoms with Gasteiger partial charge >= 0.3 is 0 Å². The number of thiocarbonyl (C=S) groups is 1. The highest BCUT2D eigenvalue weighted by atomic mass is 32.1. The summed E-state index contributed by atoms with van der Waals surface area (Å²) in [6.45, 7) is 5.81. The fourth-order valence-corrected chi connectivity index (χ4v) is 1.62. The van der Waals surface area contributed by atoms with E-state index in [9.17, 15) is 4.79 Å². The highest BCUT2D eigenvalue weighted by molar-refractivity contribution is 7.97. The summed E-state index contributed by atoms with van der Waals surface area (Å²) in [4.78, 5) is 11.0. The van der Waals surface area contributed by atoms with Gasteiger partial charge in [0.2, 0.25) is 5.12 Å². The molecule has 0 aliphatic carbocycles. The summed E-state index contributed by atoms with van der Waals surface area (Å²) >= 11 is 8.89. The first kappa shape index (κ1) is 13.2. The summed E-state index contributed by atoms with van der Waals surface area (Å²) < 4.78 is 5.55. The molecule has 0 saturated carbocycles. The molecule has 0 aliphatic rings. The van der Waals surface area contributed by atoms with E-state index in [1.807, 2.05) is 20.8 Å². The van der Waals surface area contributed by atoms with Gasteiger partial charge in [-0.05, 0) is 57.3 Å². The van der Waals surface area contributed by atoms with Crippen molar-refractivity contribution < 1.29 is 9.53 Å². The molecule has 1 aromatic carbocycles. The van der Waals surface area contributed by atoms with Crippen LogP contribution in [0.2, 0.25) is 0 Å². The Labute approximate surface area is 106 Å². The molecule has 0 fully saturated rings. The van der Waals surface area contributed by atoms with Crippen molar-refractivity contribution >= 4 is 35.0 Å². The lowest BCUT2D eigenvalue weighted by Gasteiger charge is -2.21. The molecule has 16 heavy (non-hydrogen) atoms. The van der Waals surface area contributed by atoms with Gasteiger partial charge in [0.15, 0.2) is 5.05 Å². The predicted octanol–water partition coefficient (Wildman–Crippen LogP) is 3.25. The van der Waals surface area contributed by atoms with Crippen molar-refractivity contribution in [3.8, 4) is 0 Å². The van der Waals surface area contributed by atoms with Crippen molar-refractivity contribution in [3.63, 3.8) is 0 Å². The number of benzene rings is 1. The van der Waals surface area contributed by atoms with Gasteiger partial charge in [0, 0.05) is 11.1 Å². The maximum Gasteiger partial charge on any atom is 0.216 e. The van der Waals surface area contributed by atoms with Crippen LogP contribution in [0.1, 0.15) is 36.7 Å². The zero-order valence-electron chi connectivity index (χ0n) is 9.48. The average Bonchev–Trinajstić information content (AvgIpc) is 2.15. The minimum Gasteiger partial charge on any atom is -0.477 e. The lowest BCUT2D eigenvalue weighted by atomic mass is 10.1. The molecule has 0 radical (unpaired) electrons. The molecule has 0 atom stereocenters. The van der Waals surface area contributed by atoms with E-state index in [0.29, 0.717) is 10.6 Å². The van der Waals surface area contributed by atoms with E-state index in [1.165, 1.54) is 0 Å². The number of carbonyl (C=O) groups is 1. The highest BCUT2D eigenvalue weighted by Gasteiger charge is 2.14. The van der Waals surface area contributed by atoms with Gasteiger partial charge in [-0.3, -0.25) is 4.79 Å². The van der Waals surface area contributed by atoms with Crippen LogP contribution in [0, 0.1) is 0 Å². The summed E-state index contributed by atoms with van der Waals surface area (Å²) in [5, 5.41) is 0.180. The lowest BCUT2D eigenvalue weighted by molar-refractivity contribution is 0.109. The first-order valence-corrected chi connectivity index (χ1v) is 5.72. The van der Waals surface area contributed by atoms with E-state index in [0.717, 1.165) is 5.56 Å². The molecule has 0 amide bonds. The molecule has 2 nitrogen and oxygen atoms in total. The standard InChI is InChI=1S/C12H14O2S2/c1-12(2,3)14-11(16)9-6-4-8(5-7-9)10(13)15/h4-7H,1-3H3,(H,13,15). The van der Waals surface area contributed by atoms with Crippen LogP contribution in [-0.4, -0.2) is 15.8 Å². The van der Waals surface area contributed by atoms with Gasteiger partial charge in [0.1, 0.15) is 5.60 Å². The van der Waals surface area contributed by atoms with Gasteiger partial charge in [-0.2, -0.15) is 0 Å². The van der Waals surface area contributed by atoms with E-state index in [2.05, 4.69) is 12.6 Å². The number of ether oxygens (including phenoxy) is 1. The Hall–Kier alpha value is -0.870. The molecule has 1 rings (SSSR count). The third-order valence-electron chi connectivity index (χ3n) is 1.77. The summed E-state index contributed by atoms with van der Waals surface area (Å²) in [7, 11) is 0. The normalized spacial score (nSPS) is 11.0. The molecule has 0 unspecified atom stereocenters.